The van der Waals surface area contributed by atoms with E-state index in [9.17, 15) is 19.1 Å². The zero-order valence-corrected chi connectivity index (χ0v) is 13.1. The number of hydrogen-bond acceptors (Lipinski definition) is 4. The number of aromatic nitrogens is 1. The molecule has 1 aromatic heterocycles. The lowest BCUT2D eigenvalue weighted by atomic mass is 10.0. The number of ether oxygens (including phenoxy) is 1. The van der Waals surface area contributed by atoms with Crippen molar-refractivity contribution in [2.24, 2.45) is 0 Å². The molecule has 0 spiro atoms. The van der Waals surface area contributed by atoms with Crippen molar-refractivity contribution < 1.29 is 19.0 Å². The number of rotatable bonds is 1. The monoisotopic (exact) mass is 312 g/mol. The zero-order valence-electron chi connectivity index (χ0n) is 13.1. The molecule has 1 saturated heterocycles. The van der Waals surface area contributed by atoms with Gasteiger partial charge in [-0.1, -0.05) is 0 Å². The maximum atomic E-state index is 13.8. The van der Waals surface area contributed by atoms with Gasteiger partial charge in [-0.15, -0.1) is 0 Å². The van der Waals surface area contributed by atoms with Crippen molar-refractivity contribution in [1.82, 2.24) is 9.88 Å². The summed E-state index contributed by atoms with van der Waals surface area (Å²) in [5, 5.41) is 9.84. The van der Waals surface area contributed by atoms with Crippen LogP contribution in [0.4, 0.5) is 9.18 Å². The third-order valence-corrected chi connectivity index (χ3v) is 3.50. The SMILES string of the molecule is Cc1[nH]cc(C2C[C@@H](O)CN2C(=O)OC(C)(C)C)c(=O)c1F. The zero-order chi connectivity index (χ0) is 16.7. The number of nitrogens with zero attached hydrogens (tertiary/aromatic N) is 1. The second-order valence-corrected chi connectivity index (χ2v) is 6.55. The van der Waals surface area contributed by atoms with Crippen molar-refractivity contribution in [3.05, 3.63) is 33.5 Å². The first kappa shape index (κ1) is 16.5. The Morgan fingerprint density at radius 2 is 2.14 bits per heavy atom. The lowest BCUT2D eigenvalue weighted by Gasteiger charge is -2.28. The summed E-state index contributed by atoms with van der Waals surface area (Å²) in [4.78, 5) is 28.3. The van der Waals surface area contributed by atoms with E-state index in [0.29, 0.717) is 0 Å². The van der Waals surface area contributed by atoms with Crippen molar-refractivity contribution in [2.45, 2.75) is 51.9 Å². The molecule has 0 aliphatic carbocycles. The molecule has 2 atom stereocenters. The van der Waals surface area contributed by atoms with Crippen LogP contribution in [0.3, 0.4) is 0 Å². The topological polar surface area (TPSA) is 82.6 Å². The fourth-order valence-electron chi connectivity index (χ4n) is 2.49. The van der Waals surface area contributed by atoms with Gasteiger partial charge in [0.25, 0.3) is 0 Å². The van der Waals surface area contributed by atoms with Crippen molar-refractivity contribution in [2.75, 3.05) is 6.54 Å². The highest BCUT2D eigenvalue weighted by atomic mass is 19.1. The van der Waals surface area contributed by atoms with Gasteiger partial charge in [0.05, 0.1) is 24.4 Å². The molecule has 7 heteroatoms. The highest BCUT2D eigenvalue weighted by Crippen LogP contribution is 2.31. The molecule has 22 heavy (non-hydrogen) atoms. The van der Waals surface area contributed by atoms with E-state index in [0.717, 1.165) is 0 Å². The molecule has 1 fully saturated rings. The van der Waals surface area contributed by atoms with Crippen LogP contribution >= 0.6 is 0 Å². The first-order chi connectivity index (χ1) is 10.1. The molecule has 1 unspecified atom stereocenters. The van der Waals surface area contributed by atoms with Crippen molar-refractivity contribution in [3.8, 4) is 0 Å². The summed E-state index contributed by atoms with van der Waals surface area (Å²) in [6.07, 6.45) is 0.154. The number of aliphatic hydroxyl groups is 1. The largest absolute Gasteiger partial charge is 0.444 e. The summed E-state index contributed by atoms with van der Waals surface area (Å²) in [6, 6.07) is -0.705. The number of likely N-dealkylation sites (tertiary alicyclic amines) is 1. The molecular weight excluding hydrogens is 291 g/mol. The van der Waals surface area contributed by atoms with Gasteiger partial charge < -0.3 is 14.8 Å². The minimum Gasteiger partial charge on any atom is -0.444 e. The number of aryl methyl sites for hydroxylation is 1. The number of carbonyl (C=O) groups excluding carboxylic acids is 1. The quantitative estimate of drug-likeness (QED) is 0.829. The number of amides is 1. The van der Waals surface area contributed by atoms with E-state index in [4.69, 9.17) is 4.74 Å². The molecule has 0 saturated carbocycles. The highest BCUT2D eigenvalue weighted by Gasteiger charge is 2.39. The van der Waals surface area contributed by atoms with Gasteiger partial charge in [-0.2, -0.15) is 0 Å². The Morgan fingerprint density at radius 3 is 2.73 bits per heavy atom. The second-order valence-electron chi connectivity index (χ2n) is 6.55. The average Bonchev–Trinajstić information content (AvgIpc) is 2.76. The van der Waals surface area contributed by atoms with Gasteiger partial charge in [0.1, 0.15) is 5.60 Å². The number of aromatic amines is 1. The molecule has 1 aliphatic rings. The first-order valence-electron chi connectivity index (χ1n) is 7.15. The van der Waals surface area contributed by atoms with Crippen molar-refractivity contribution in [3.63, 3.8) is 0 Å². The number of nitrogens with one attached hydrogen (secondary N) is 1. The van der Waals surface area contributed by atoms with Gasteiger partial charge in [0.2, 0.25) is 5.43 Å². The van der Waals surface area contributed by atoms with Crippen LogP contribution < -0.4 is 5.43 Å². The Balaban J connectivity index is 2.35. The molecule has 2 rings (SSSR count). The molecule has 2 heterocycles. The smallest absolute Gasteiger partial charge is 0.410 e. The van der Waals surface area contributed by atoms with E-state index in [2.05, 4.69) is 4.98 Å². The predicted octanol–water partition coefficient (Wildman–Crippen LogP) is 1.87. The fraction of sp³-hybridized carbons (Fsp3) is 0.600. The minimum atomic E-state index is -0.872. The maximum Gasteiger partial charge on any atom is 0.410 e. The number of carbonyl (C=O) groups is 1. The lowest BCUT2D eigenvalue weighted by molar-refractivity contribution is 0.0205. The lowest BCUT2D eigenvalue weighted by Crippen LogP contribution is -2.38. The molecule has 0 bridgehead atoms. The molecule has 122 valence electrons. The second kappa shape index (κ2) is 5.72. The number of pyridine rings is 1. The minimum absolute atomic E-state index is 0.0501. The summed E-state index contributed by atoms with van der Waals surface area (Å²) < 4.78 is 19.1. The van der Waals surface area contributed by atoms with E-state index in [-0.39, 0.29) is 24.2 Å². The first-order valence-corrected chi connectivity index (χ1v) is 7.15. The van der Waals surface area contributed by atoms with Crippen LogP contribution in [0.15, 0.2) is 11.0 Å². The van der Waals surface area contributed by atoms with E-state index in [1.54, 1.807) is 20.8 Å². The Morgan fingerprint density at radius 1 is 1.50 bits per heavy atom. The maximum absolute atomic E-state index is 13.8. The van der Waals surface area contributed by atoms with Gasteiger partial charge >= 0.3 is 6.09 Å². The Labute approximate surface area is 127 Å². The van der Waals surface area contributed by atoms with Crippen LogP contribution in [0.2, 0.25) is 0 Å². The summed E-state index contributed by atoms with van der Waals surface area (Å²) in [5.74, 6) is -0.872. The molecule has 0 radical (unpaired) electrons. The number of aliphatic hydroxyl groups excluding tert-OH is 1. The van der Waals surface area contributed by atoms with E-state index in [1.807, 2.05) is 0 Å². The summed E-state index contributed by atoms with van der Waals surface area (Å²) >= 11 is 0. The van der Waals surface area contributed by atoms with E-state index < -0.39 is 35.1 Å². The van der Waals surface area contributed by atoms with Crippen molar-refractivity contribution in [1.29, 1.82) is 0 Å². The third kappa shape index (κ3) is 3.30. The predicted molar refractivity (Wildman–Crippen MR) is 78.1 cm³/mol. The fourth-order valence-corrected chi connectivity index (χ4v) is 2.49. The number of H-pyrrole nitrogens is 1. The van der Waals surface area contributed by atoms with Crippen LogP contribution in [-0.2, 0) is 4.74 Å². The van der Waals surface area contributed by atoms with Crippen LogP contribution in [0.5, 0.6) is 0 Å². The molecule has 1 aliphatic heterocycles. The van der Waals surface area contributed by atoms with Gasteiger partial charge in [-0.3, -0.25) is 9.69 Å². The Hall–Kier alpha value is -1.89. The van der Waals surface area contributed by atoms with E-state index in [1.165, 1.54) is 18.0 Å². The number of halogens is 1. The molecule has 1 amide bonds. The third-order valence-electron chi connectivity index (χ3n) is 3.50. The van der Waals surface area contributed by atoms with E-state index >= 15 is 0 Å². The average molecular weight is 312 g/mol. The number of hydrogen-bond donors (Lipinski definition) is 2. The summed E-state index contributed by atoms with van der Waals surface area (Å²) in [5.41, 5.74) is -1.20. The van der Waals surface area contributed by atoms with Gasteiger partial charge in [0.15, 0.2) is 5.82 Å². The Bertz CT molecular complexity index is 635. The molecular formula is C15H21FN2O4. The molecule has 0 aromatic carbocycles. The van der Waals surface area contributed by atoms with Crippen LogP contribution in [0.25, 0.3) is 0 Å². The molecule has 6 nitrogen and oxygen atoms in total. The Kier molecular flexibility index (Phi) is 4.28. The van der Waals surface area contributed by atoms with Crippen LogP contribution in [0.1, 0.15) is 44.5 Å². The van der Waals surface area contributed by atoms with Gasteiger partial charge in [-0.25, -0.2) is 9.18 Å². The van der Waals surface area contributed by atoms with Crippen LogP contribution in [-0.4, -0.2) is 39.3 Å². The highest BCUT2D eigenvalue weighted by molar-refractivity contribution is 5.69. The normalized spacial score (nSPS) is 22.0. The summed E-state index contributed by atoms with van der Waals surface area (Å²) in [6.45, 7) is 6.68. The van der Waals surface area contributed by atoms with Gasteiger partial charge in [0, 0.05) is 11.8 Å². The summed E-state index contributed by atoms with van der Waals surface area (Å²) in [7, 11) is 0. The van der Waals surface area contributed by atoms with Crippen molar-refractivity contribution >= 4 is 6.09 Å². The van der Waals surface area contributed by atoms with Crippen LogP contribution in [0, 0.1) is 12.7 Å². The molecule has 2 N–H and O–H groups in total. The standard InChI is InChI=1S/C15H21FN2O4/c1-8-12(16)13(20)10(6-17-8)11-5-9(19)7-18(11)14(21)22-15(2,3)4/h6,9,11,19H,5,7H2,1-4H3,(H,17,20)/t9-,11?/m1/s1. The molecule has 1 aromatic rings. The number of β-amino-alcohol motifs (C(OH)–C–C–N with tert-alkyl or cyclic N) is 1. The van der Waals surface area contributed by atoms with Gasteiger partial charge in [-0.05, 0) is 34.1 Å².